The summed E-state index contributed by atoms with van der Waals surface area (Å²) in [6.07, 6.45) is 0. The van der Waals surface area contributed by atoms with Gasteiger partial charge in [-0.1, -0.05) is 23.8 Å². The Kier molecular flexibility index (Phi) is 5.62. The highest BCUT2D eigenvalue weighted by Crippen LogP contribution is 2.29. The number of rotatable bonds is 6. The Morgan fingerprint density at radius 3 is 2.61 bits per heavy atom. The molecule has 4 aromatic rings. The predicted octanol–water partition coefficient (Wildman–Crippen LogP) is 5.45. The lowest BCUT2D eigenvalue weighted by atomic mass is 10.1. The maximum Gasteiger partial charge on any atom is 0.262 e. The van der Waals surface area contributed by atoms with Gasteiger partial charge in [0.25, 0.3) is 5.91 Å². The van der Waals surface area contributed by atoms with Crippen molar-refractivity contribution in [3.8, 4) is 23.0 Å². The van der Waals surface area contributed by atoms with Gasteiger partial charge in [0.15, 0.2) is 12.2 Å². The quantitative estimate of drug-likeness (QED) is 0.453. The SMILES string of the molecule is COc1ccc2oc(-c3ccc(C)c(NC(=O)COc4ccc(C)cc4C)c3)nc2c1. The predicted molar refractivity (Wildman–Crippen MR) is 121 cm³/mol. The fourth-order valence-corrected chi connectivity index (χ4v) is 3.34. The third-order valence-electron chi connectivity index (χ3n) is 5.04. The first-order chi connectivity index (χ1) is 14.9. The Morgan fingerprint density at radius 1 is 1.00 bits per heavy atom. The number of ether oxygens (including phenoxy) is 2. The van der Waals surface area contributed by atoms with Crippen LogP contribution in [0.1, 0.15) is 16.7 Å². The second-order valence-electron chi connectivity index (χ2n) is 7.49. The fraction of sp³-hybridized carbons (Fsp3) is 0.200. The van der Waals surface area contributed by atoms with Crippen molar-refractivity contribution in [1.82, 2.24) is 4.98 Å². The molecule has 1 N–H and O–H groups in total. The maximum atomic E-state index is 12.5. The van der Waals surface area contributed by atoms with E-state index < -0.39 is 0 Å². The number of hydrogen-bond donors (Lipinski definition) is 1. The van der Waals surface area contributed by atoms with Gasteiger partial charge in [-0.25, -0.2) is 4.98 Å². The lowest BCUT2D eigenvalue weighted by Crippen LogP contribution is -2.21. The number of nitrogens with zero attached hydrogens (tertiary/aromatic N) is 1. The molecule has 0 aliphatic carbocycles. The summed E-state index contributed by atoms with van der Waals surface area (Å²) >= 11 is 0. The number of benzene rings is 3. The van der Waals surface area contributed by atoms with Crippen LogP contribution in [-0.4, -0.2) is 24.6 Å². The summed E-state index contributed by atoms with van der Waals surface area (Å²) in [5, 5.41) is 2.92. The van der Waals surface area contributed by atoms with E-state index >= 15 is 0 Å². The average Bonchev–Trinajstić information content (AvgIpc) is 3.18. The van der Waals surface area contributed by atoms with Crippen LogP contribution in [-0.2, 0) is 4.79 Å². The number of anilines is 1. The molecule has 31 heavy (non-hydrogen) atoms. The fourth-order valence-electron chi connectivity index (χ4n) is 3.34. The summed E-state index contributed by atoms with van der Waals surface area (Å²) in [5.74, 6) is 1.66. The van der Waals surface area contributed by atoms with Crippen molar-refractivity contribution in [3.05, 3.63) is 71.3 Å². The van der Waals surface area contributed by atoms with Gasteiger partial charge in [0.1, 0.15) is 17.0 Å². The third kappa shape index (κ3) is 4.53. The van der Waals surface area contributed by atoms with Crippen molar-refractivity contribution in [3.63, 3.8) is 0 Å². The molecule has 6 heteroatoms. The van der Waals surface area contributed by atoms with Gasteiger partial charge in [0, 0.05) is 17.3 Å². The summed E-state index contributed by atoms with van der Waals surface area (Å²) in [7, 11) is 1.61. The van der Waals surface area contributed by atoms with E-state index in [4.69, 9.17) is 13.9 Å². The molecule has 4 rings (SSSR count). The standard InChI is InChI=1S/C25H24N2O4/c1-15-5-9-22(17(3)11-15)30-14-24(28)26-20-12-18(7-6-16(20)2)25-27-21-13-19(29-4)8-10-23(21)31-25/h5-13H,14H2,1-4H3,(H,26,28). The summed E-state index contributed by atoms with van der Waals surface area (Å²) in [4.78, 5) is 17.0. The molecule has 0 aliphatic rings. The molecule has 0 bridgehead atoms. The molecule has 6 nitrogen and oxygen atoms in total. The lowest BCUT2D eigenvalue weighted by Gasteiger charge is -2.12. The number of hydrogen-bond acceptors (Lipinski definition) is 5. The van der Waals surface area contributed by atoms with Gasteiger partial charge in [-0.15, -0.1) is 0 Å². The minimum atomic E-state index is -0.234. The molecule has 0 fully saturated rings. The molecule has 0 saturated carbocycles. The zero-order valence-corrected chi connectivity index (χ0v) is 18.0. The van der Waals surface area contributed by atoms with Crippen molar-refractivity contribution < 1.29 is 18.7 Å². The van der Waals surface area contributed by atoms with E-state index in [0.29, 0.717) is 34.2 Å². The number of oxazole rings is 1. The molecule has 3 aromatic carbocycles. The monoisotopic (exact) mass is 416 g/mol. The molecular formula is C25H24N2O4. The minimum absolute atomic E-state index is 0.0732. The minimum Gasteiger partial charge on any atom is -0.497 e. The van der Waals surface area contributed by atoms with Crippen LogP contribution in [0.4, 0.5) is 5.69 Å². The van der Waals surface area contributed by atoms with E-state index in [2.05, 4.69) is 10.3 Å². The van der Waals surface area contributed by atoms with Crippen molar-refractivity contribution in [2.75, 3.05) is 19.0 Å². The first-order valence-corrected chi connectivity index (χ1v) is 9.98. The Labute approximate surface area is 180 Å². The van der Waals surface area contributed by atoms with Crippen LogP contribution in [0.5, 0.6) is 11.5 Å². The van der Waals surface area contributed by atoms with Gasteiger partial charge in [-0.3, -0.25) is 4.79 Å². The van der Waals surface area contributed by atoms with Crippen LogP contribution >= 0.6 is 0 Å². The number of aromatic nitrogens is 1. The number of amides is 1. The molecule has 0 unspecified atom stereocenters. The van der Waals surface area contributed by atoms with Gasteiger partial charge in [0.2, 0.25) is 5.89 Å². The molecule has 0 atom stereocenters. The first kappa shape index (κ1) is 20.5. The second-order valence-corrected chi connectivity index (χ2v) is 7.49. The number of carbonyl (C=O) groups is 1. The van der Waals surface area contributed by atoms with Crippen LogP contribution < -0.4 is 14.8 Å². The van der Waals surface area contributed by atoms with Crippen LogP contribution in [0.15, 0.2) is 59.0 Å². The van der Waals surface area contributed by atoms with E-state index in [1.807, 2.05) is 75.4 Å². The largest absolute Gasteiger partial charge is 0.497 e. The highest BCUT2D eigenvalue weighted by atomic mass is 16.5. The van der Waals surface area contributed by atoms with Gasteiger partial charge in [-0.2, -0.15) is 0 Å². The normalized spacial score (nSPS) is 10.8. The molecule has 1 heterocycles. The van der Waals surface area contributed by atoms with Gasteiger partial charge >= 0.3 is 0 Å². The van der Waals surface area contributed by atoms with E-state index in [9.17, 15) is 4.79 Å². The van der Waals surface area contributed by atoms with E-state index in [-0.39, 0.29) is 12.5 Å². The molecule has 0 aliphatic heterocycles. The summed E-state index contributed by atoms with van der Waals surface area (Å²) in [6.45, 7) is 5.84. The summed E-state index contributed by atoms with van der Waals surface area (Å²) < 4.78 is 16.8. The molecule has 0 radical (unpaired) electrons. The first-order valence-electron chi connectivity index (χ1n) is 9.98. The van der Waals surface area contributed by atoms with Crippen molar-refractivity contribution in [1.29, 1.82) is 0 Å². The average molecular weight is 416 g/mol. The summed E-state index contributed by atoms with van der Waals surface area (Å²) in [5.41, 5.74) is 5.92. The molecule has 0 spiro atoms. The summed E-state index contributed by atoms with van der Waals surface area (Å²) in [6, 6.07) is 17.0. The van der Waals surface area contributed by atoms with E-state index in [1.54, 1.807) is 7.11 Å². The highest BCUT2D eigenvalue weighted by Gasteiger charge is 2.13. The Bertz CT molecular complexity index is 1260. The number of nitrogens with one attached hydrogen (secondary N) is 1. The highest BCUT2D eigenvalue weighted by molar-refractivity contribution is 5.93. The van der Waals surface area contributed by atoms with Gasteiger partial charge in [-0.05, 0) is 62.2 Å². The number of methoxy groups -OCH3 is 1. The van der Waals surface area contributed by atoms with Gasteiger partial charge in [0.05, 0.1) is 7.11 Å². The molecule has 0 saturated heterocycles. The smallest absolute Gasteiger partial charge is 0.262 e. The van der Waals surface area contributed by atoms with E-state index in [1.165, 1.54) is 0 Å². The molecule has 1 amide bonds. The lowest BCUT2D eigenvalue weighted by molar-refractivity contribution is -0.118. The molecular weight excluding hydrogens is 392 g/mol. The topological polar surface area (TPSA) is 73.6 Å². The van der Waals surface area contributed by atoms with Crippen LogP contribution in [0, 0.1) is 20.8 Å². The number of aryl methyl sites for hydroxylation is 3. The Morgan fingerprint density at radius 2 is 1.84 bits per heavy atom. The Balaban J connectivity index is 1.50. The number of fused-ring (bicyclic) bond motifs is 1. The van der Waals surface area contributed by atoms with Crippen molar-refractivity contribution in [2.45, 2.75) is 20.8 Å². The zero-order valence-electron chi connectivity index (χ0n) is 18.0. The van der Waals surface area contributed by atoms with Crippen LogP contribution in [0.3, 0.4) is 0 Å². The second kappa shape index (κ2) is 8.52. The maximum absolute atomic E-state index is 12.5. The van der Waals surface area contributed by atoms with Crippen molar-refractivity contribution >= 4 is 22.7 Å². The van der Waals surface area contributed by atoms with E-state index in [0.717, 1.165) is 22.3 Å². The Hall–Kier alpha value is -3.80. The zero-order chi connectivity index (χ0) is 22.0. The van der Waals surface area contributed by atoms with Crippen molar-refractivity contribution in [2.24, 2.45) is 0 Å². The molecule has 158 valence electrons. The van der Waals surface area contributed by atoms with Crippen LogP contribution in [0.2, 0.25) is 0 Å². The molecule has 1 aromatic heterocycles. The van der Waals surface area contributed by atoms with Gasteiger partial charge < -0.3 is 19.2 Å². The van der Waals surface area contributed by atoms with Crippen LogP contribution in [0.25, 0.3) is 22.6 Å². The number of carbonyl (C=O) groups excluding carboxylic acids is 1. The third-order valence-corrected chi connectivity index (χ3v) is 5.04.